The number of amides is 1. The summed E-state index contributed by atoms with van der Waals surface area (Å²) < 4.78 is 5.98. The minimum Gasteiger partial charge on any atom is -0.508 e. The molecule has 3 aromatic rings. The first-order valence-corrected chi connectivity index (χ1v) is 8.47. The minimum atomic E-state index is -0.739. The highest BCUT2D eigenvalue weighted by molar-refractivity contribution is 5.97. The molecule has 27 heavy (non-hydrogen) atoms. The molecule has 3 aromatic carbocycles. The van der Waals surface area contributed by atoms with Crippen LogP contribution in [0, 0.1) is 0 Å². The van der Waals surface area contributed by atoms with Crippen LogP contribution in [-0.2, 0) is 0 Å². The Balaban J connectivity index is 1.71. The van der Waals surface area contributed by atoms with Crippen molar-refractivity contribution in [2.24, 2.45) is 0 Å². The SMILES string of the molecule is O=C(NC1Oc2cc(O)ccc2C=C1c1ccc(O)cc1)c1ccccc1. The van der Waals surface area contributed by atoms with E-state index in [1.807, 2.05) is 12.1 Å². The number of hydrogen-bond acceptors (Lipinski definition) is 4. The summed E-state index contributed by atoms with van der Waals surface area (Å²) in [6, 6.07) is 20.4. The molecule has 0 aliphatic carbocycles. The summed E-state index contributed by atoms with van der Waals surface area (Å²) in [7, 11) is 0. The molecule has 4 rings (SSSR count). The lowest BCUT2D eigenvalue weighted by molar-refractivity contribution is 0.0882. The molecule has 1 aliphatic heterocycles. The van der Waals surface area contributed by atoms with E-state index in [9.17, 15) is 15.0 Å². The zero-order valence-electron chi connectivity index (χ0n) is 14.3. The second-order valence-electron chi connectivity index (χ2n) is 6.21. The maximum Gasteiger partial charge on any atom is 0.254 e. The molecule has 5 nitrogen and oxygen atoms in total. The third kappa shape index (κ3) is 3.48. The molecule has 0 saturated carbocycles. The van der Waals surface area contributed by atoms with Crippen LogP contribution in [0.25, 0.3) is 11.6 Å². The van der Waals surface area contributed by atoms with Gasteiger partial charge in [0.2, 0.25) is 0 Å². The Morgan fingerprint density at radius 1 is 0.889 bits per heavy atom. The molecule has 0 spiro atoms. The summed E-state index contributed by atoms with van der Waals surface area (Å²) in [6.07, 6.45) is 1.16. The van der Waals surface area contributed by atoms with Gasteiger partial charge in [-0.05, 0) is 48.0 Å². The van der Waals surface area contributed by atoms with E-state index in [4.69, 9.17) is 4.74 Å². The summed E-state index contributed by atoms with van der Waals surface area (Å²) in [6.45, 7) is 0. The number of hydrogen-bond donors (Lipinski definition) is 3. The van der Waals surface area contributed by atoms with E-state index in [1.54, 1.807) is 60.7 Å². The molecule has 134 valence electrons. The summed E-state index contributed by atoms with van der Waals surface area (Å²) in [5.74, 6) is 0.458. The number of aromatic hydroxyl groups is 2. The standard InChI is InChI=1S/C22H17NO4/c24-17-9-6-14(7-10-17)19-12-16-8-11-18(25)13-20(16)27-22(19)23-21(26)15-4-2-1-3-5-15/h1-13,22,24-25H,(H,23,26). The number of phenolic OH excluding ortho intramolecular Hbond substituents is 2. The fourth-order valence-electron chi connectivity index (χ4n) is 2.97. The van der Waals surface area contributed by atoms with Gasteiger partial charge >= 0.3 is 0 Å². The van der Waals surface area contributed by atoms with Crippen molar-refractivity contribution in [1.29, 1.82) is 0 Å². The van der Waals surface area contributed by atoms with Crippen LogP contribution in [0.5, 0.6) is 17.2 Å². The maximum absolute atomic E-state index is 12.6. The number of nitrogens with one attached hydrogen (secondary N) is 1. The van der Waals surface area contributed by atoms with Gasteiger partial charge < -0.3 is 20.3 Å². The lowest BCUT2D eigenvalue weighted by atomic mass is 9.98. The van der Waals surface area contributed by atoms with E-state index in [0.717, 1.165) is 16.7 Å². The van der Waals surface area contributed by atoms with Gasteiger partial charge in [0, 0.05) is 22.8 Å². The van der Waals surface area contributed by atoms with Crippen LogP contribution in [0.3, 0.4) is 0 Å². The van der Waals surface area contributed by atoms with Gasteiger partial charge in [-0.1, -0.05) is 30.3 Å². The molecule has 0 bridgehead atoms. The van der Waals surface area contributed by atoms with Crippen LogP contribution >= 0.6 is 0 Å². The van der Waals surface area contributed by atoms with Crippen LogP contribution in [0.1, 0.15) is 21.5 Å². The van der Waals surface area contributed by atoms with Crippen molar-refractivity contribution in [1.82, 2.24) is 5.32 Å². The lowest BCUT2D eigenvalue weighted by Gasteiger charge is -2.28. The van der Waals surface area contributed by atoms with Gasteiger partial charge in [-0.2, -0.15) is 0 Å². The van der Waals surface area contributed by atoms with Crippen molar-refractivity contribution in [2.45, 2.75) is 6.23 Å². The Morgan fingerprint density at radius 2 is 1.59 bits per heavy atom. The van der Waals surface area contributed by atoms with Crippen molar-refractivity contribution < 1.29 is 19.7 Å². The second-order valence-corrected chi connectivity index (χ2v) is 6.21. The average Bonchev–Trinajstić information content (AvgIpc) is 2.69. The molecule has 0 aromatic heterocycles. The highest BCUT2D eigenvalue weighted by atomic mass is 16.5. The van der Waals surface area contributed by atoms with E-state index in [-0.39, 0.29) is 17.4 Å². The Kier molecular flexibility index (Phi) is 4.26. The molecule has 5 heteroatoms. The number of benzene rings is 3. The van der Waals surface area contributed by atoms with Gasteiger partial charge in [-0.25, -0.2) is 0 Å². The van der Waals surface area contributed by atoms with Crippen LogP contribution in [0.15, 0.2) is 72.8 Å². The third-order valence-electron chi connectivity index (χ3n) is 4.33. The molecule has 1 aliphatic rings. The number of fused-ring (bicyclic) bond motifs is 1. The van der Waals surface area contributed by atoms with Crippen molar-refractivity contribution in [3.63, 3.8) is 0 Å². The normalized spacial score (nSPS) is 15.3. The van der Waals surface area contributed by atoms with Gasteiger partial charge in [-0.15, -0.1) is 0 Å². The highest BCUT2D eigenvalue weighted by Crippen LogP contribution is 2.36. The summed E-state index contributed by atoms with van der Waals surface area (Å²) in [4.78, 5) is 12.6. The zero-order chi connectivity index (χ0) is 18.8. The second kappa shape index (κ2) is 6.88. The molecule has 0 saturated heterocycles. The first-order valence-electron chi connectivity index (χ1n) is 8.47. The Morgan fingerprint density at radius 3 is 2.33 bits per heavy atom. The van der Waals surface area contributed by atoms with Crippen molar-refractivity contribution >= 4 is 17.6 Å². The first-order chi connectivity index (χ1) is 13.1. The van der Waals surface area contributed by atoms with E-state index < -0.39 is 6.23 Å². The molecular weight excluding hydrogens is 342 g/mol. The Bertz CT molecular complexity index is 1010. The fourth-order valence-corrected chi connectivity index (χ4v) is 2.97. The smallest absolute Gasteiger partial charge is 0.254 e. The minimum absolute atomic E-state index is 0.0865. The molecule has 1 unspecified atom stereocenters. The van der Waals surface area contributed by atoms with Crippen LogP contribution < -0.4 is 10.1 Å². The fraction of sp³-hybridized carbons (Fsp3) is 0.0455. The molecular formula is C22H17NO4. The number of rotatable bonds is 3. The third-order valence-corrected chi connectivity index (χ3v) is 4.33. The van der Waals surface area contributed by atoms with Crippen molar-refractivity contribution in [3.8, 4) is 17.2 Å². The molecule has 0 fully saturated rings. The topological polar surface area (TPSA) is 78.8 Å². The largest absolute Gasteiger partial charge is 0.508 e. The zero-order valence-corrected chi connectivity index (χ0v) is 14.3. The summed E-state index contributed by atoms with van der Waals surface area (Å²) in [5, 5.41) is 22.2. The predicted octanol–water partition coefficient (Wildman–Crippen LogP) is 3.79. The molecule has 0 radical (unpaired) electrons. The van der Waals surface area contributed by atoms with Gasteiger partial charge in [0.25, 0.3) is 5.91 Å². The van der Waals surface area contributed by atoms with Crippen LogP contribution in [0.4, 0.5) is 0 Å². The Hall–Kier alpha value is -3.73. The number of phenols is 2. The van der Waals surface area contributed by atoms with Crippen LogP contribution in [0.2, 0.25) is 0 Å². The number of ether oxygens (including phenoxy) is 1. The quantitative estimate of drug-likeness (QED) is 0.665. The van der Waals surface area contributed by atoms with Crippen molar-refractivity contribution in [3.05, 3.63) is 89.5 Å². The average molecular weight is 359 g/mol. The molecule has 1 heterocycles. The predicted molar refractivity (Wildman–Crippen MR) is 102 cm³/mol. The van der Waals surface area contributed by atoms with Gasteiger partial charge in [0.15, 0.2) is 6.23 Å². The van der Waals surface area contributed by atoms with Crippen LogP contribution in [-0.4, -0.2) is 22.3 Å². The van der Waals surface area contributed by atoms with E-state index in [0.29, 0.717) is 11.3 Å². The monoisotopic (exact) mass is 359 g/mol. The summed E-state index contributed by atoms with van der Waals surface area (Å²) >= 11 is 0. The van der Waals surface area contributed by atoms with E-state index >= 15 is 0 Å². The summed E-state index contributed by atoms with van der Waals surface area (Å²) in [5.41, 5.74) is 2.87. The first kappa shape index (κ1) is 16.7. The molecule has 3 N–H and O–H groups in total. The number of carbonyl (C=O) groups is 1. The molecule has 1 amide bonds. The van der Waals surface area contributed by atoms with E-state index in [1.165, 1.54) is 6.07 Å². The maximum atomic E-state index is 12.6. The van der Waals surface area contributed by atoms with Gasteiger partial charge in [-0.3, -0.25) is 4.79 Å². The van der Waals surface area contributed by atoms with Gasteiger partial charge in [0.1, 0.15) is 17.2 Å². The molecule has 1 atom stereocenters. The van der Waals surface area contributed by atoms with E-state index in [2.05, 4.69) is 5.32 Å². The number of carbonyl (C=O) groups excluding carboxylic acids is 1. The Labute approximate surface area is 156 Å². The van der Waals surface area contributed by atoms with Gasteiger partial charge in [0.05, 0.1) is 0 Å². The lowest BCUT2D eigenvalue weighted by Crippen LogP contribution is -2.41. The highest BCUT2D eigenvalue weighted by Gasteiger charge is 2.26. The van der Waals surface area contributed by atoms with Crippen molar-refractivity contribution in [2.75, 3.05) is 0 Å².